The van der Waals surface area contributed by atoms with Crippen LogP contribution in [0, 0.1) is 10.8 Å². The summed E-state index contributed by atoms with van der Waals surface area (Å²) in [6.07, 6.45) is 7.33. The van der Waals surface area contributed by atoms with Crippen molar-refractivity contribution in [2.24, 2.45) is 15.8 Å². The van der Waals surface area contributed by atoms with Gasteiger partial charge in [0.05, 0.1) is 19.6 Å². The van der Waals surface area contributed by atoms with Crippen molar-refractivity contribution in [3.8, 4) is 5.75 Å². The number of benzene rings is 1. The molecule has 2 atom stereocenters. The summed E-state index contributed by atoms with van der Waals surface area (Å²) in [5.41, 5.74) is 2.51. The number of carbonyl (C=O) groups is 1. The number of para-hydroxylation sites is 1. The number of carbonyl (C=O) groups excluding carboxylic acids is 1. The number of esters is 1. The van der Waals surface area contributed by atoms with E-state index in [4.69, 9.17) is 14.5 Å². The van der Waals surface area contributed by atoms with Gasteiger partial charge in [0.1, 0.15) is 16.9 Å². The third kappa shape index (κ3) is 1.32. The zero-order valence-corrected chi connectivity index (χ0v) is 15.1. The molecule has 26 heavy (non-hydrogen) atoms. The Morgan fingerprint density at radius 2 is 2.15 bits per heavy atom. The highest BCUT2D eigenvalue weighted by molar-refractivity contribution is 6.19. The second kappa shape index (κ2) is 4.39. The van der Waals surface area contributed by atoms with Crippen molar-refractivity contribution in [3.63, 3.8) is 0 Å². The second-order valence-electron chi connectivity index (χ2n) is 8.50. The molecule has 5 heteroatoms. The molecular formula is C21H22N2O3. The third-order valence-corrected chi connectivity index (χ3v) is 7.60. The molecule has 4 fully saturated rings. The van der Waals surface area contributed by atoms with Gasteiger partial charge in [0.15, 0.2) is 0 Å². The number of methoxy groups -OCH3 is 2. The molecule has 6 aliphatic rings. The van der Waals surface area contributed by atoms with Crippen LogP contribution in [0.2, 0.25) is 0 Å². The summed E-state index contributed by atoms with van der Waals surface area (Å²) >= 11 is 0. The van der Waals surface area contributed by atoms with Gasteiger partial charge in [0.25, 0.3) is 0 Å². The Morgan fingerprint density at radius 3 is 2.92 bits per heavy atom. The van der Waals surface area contributed by atoms with Crippen LogP contribution in [0.5, 0.6) is 5.75 Å². The monoisotopic (exact) mass is 350 g/mol. The molecule has 2 bridgehead atoms. The number of aliphatic imine (C=N–C) groups is 1. The molecule has 3 aliphatic carbocycles. The van der Waals surface area contributed by atoms with Gasteiger partial charge in [-0.3, -0.25) is 14.7 Å². The van der Waals surface area contributed by atoms with Crippen LogP contribution in [0.15, 0.2) is 35.3 Å². The van der Waals surface area contributed by atoms with Crippen LogP contribution in [0.4, 0.5) is 5.69 Å². The van der Waals surface area contributed by atoms with Crippen molar-refractivity contribution in [2.75, 3.05) is 27.3 Å². The van der Waals surface area contributed by atoms with E-state index < -0.39 is 5.41 Å². The molecule has 0 radical (unpaired) electrons. The molecule has 3 aliphatic heterocycles. The average molecular weight is 350 g/mol. The first-order chi connectivity index (χ1) is 12.6. The largest absolute Gasteiger partial charge is 0.494 e. The molecule has 1 aromatic carbocycles. The Labute approximate surface area is 152 Å². The third-order valence-electron chi connectivity index (χ3n) is 7.60. The number of hydrogen-bond donors (Lipinski definition) is 0. The standard InChI is InChI=1S/C21H22N2O3/c1-25-14-6-3-5-13-15(14)22-16-20(18(24)26-2)11-19(12-20)7-4-9-23-10-8-21(13,16)17(19)23/h3-7,17H,8-12H2,1-2H3/t17-,19?,20?,21-/m0/s1. The fourth-order valence-corrected chi connectivity index (χ4v) is 7.01. The van der Waals surface area contributed by atoms with Crippen molar-refractivity contribution < 1.29 is 14.3 Å². The molecule has 1 aromatic rings. The second-order valence-corrected chi connectivity index (χ2v) is 8.50. The van der Waals surface area contributed by atoms with Gasteiger partial charge >= 0.3 is 5.97 Å². The van der Waals surface area contributed by atoms with Crippen LogP contribution in [-0.4, -0.2) is 49.9 Å². The molecular weight excluding hydrogens is 328 g/mol. The number of ether oxygens (including phenoxy) is 2. The maximum absolute atomic E-state index is 12.9. The zero-order valence-electron chi connectivity index (χ0n) is 15.1. The number of rotatable bonds is 2. The molecule has 0 N–H and O–H groups in total. The van der Waals surface area contributed by atoms with Crippen molar-refractivity contribution >= 4 is 17.4 Å². The quantitative estimate of drug-likeness (QED) is 0.608. The minimum atomic E-state index is -0.576. The highest BCUT2D eigenvalue weighted by Gasteiger charge is 2.79. The lowest BCUT2D eigenvalue weighted by Crippen LogP contribution is -2.75. The van der Waals surface area contributed by atoms with Gasteiger partial charge in [0.2, 0.25) is 0 Å². The molecule has 0 amide bonds. The number of fused-ring (bicyclic) bond motifs is 1. The van der Waals surface area contributed by atoms with E-state index in [-0.39, 0.29) is 16.8 Å². The molecule has 7 rings (SSSR count). The van der Waals surface area contributed by atoms with Gasteiger partial charge in [-0.2, -0.15) is 0 Å². The normalized spacial score (nSPS) is 40.8. The van der Waals surface area contributed by atoms with Crippen LogP contribution in [0.1, 0.15) is 24.8 Å². The highest BCUT2D eigenvalue weighted by atomic mass is 16.5. The van der Waals surface area contributed by atoms with E-state index in [1.54, 1.807) is 7.11 Å². The van der Waals surface area contributed by atoms with Crippen LogP contribution in [0.25, 0.3) is 0 Å². The molecule has 1 saturated heterocycles. The van der Waals surface area contributed by atoms with E-state index in [2.05, 4.69) is 29.2 Å². The number of nitrogens with zero attached hydrogens (tertiary/aromatic N) is 2. The maximum Gasteiger partial charge on any atom is 0.317 e. The minimum Gasteiger partial charge on any atom is -0.494 e. The van der Waals surface area contributed by atoms with Crippen LogP contribution in [0.3, 0.4) is 0 Å². The lowest BCUT2D eigenvalue weighted by atomic mass is 9.36. The lowest BCUT2D eigenvalue weighted by molar-refractivity contribution is -0.166. The molecule has 3 saturated carbocycles. The molecule has 0 aromatic heterocycles. The molecule has 2 spiro atoms. The van der Waals surface area contributed by atoms with E-state index in [1.165, 1.54) is 12.7 Å². The molecule has 3 heterocycles. The summed E-state index contributed by atoms with van der Waals surface area (Å²) in [6, 6.07) is 6.61. The summed E-state index contributed by atoms with van der Waals surface area (Å²) in [6.45, 7) is 2.04. The molecule has 5 nitrogen and oxygen atoms in total. The first-order valence-electron chi connectivity index (χ1n) is 9.39. The van der Waals surface area contributed by atoms with Gasteiger partial charge in [-0.15, -0.1) is 0 Å². The van der Waals surface area contributed by atoms with E-state index in [9.17, 15) is 4.79 Å². The first kappa shape index (κ1) is 15.0. The van der Waals surface area contributed by atoms with Crippen LogP contribution >= 0.6 is 0 Å². The molecule has 134 valence electrons. The van der Waals surface area contributed by atoms with Gasteiger partial charge in [-0.1, -0.05) is 24.3 Å². The summed E-state index contributed by atoms with van der Waals surface area (Å²) in [7, 11) is 3.19. The Kier molecular flexibility index (Phi) is 2.53. The Morgan fingerprint density at radius 1 is 1.31 bits per heavy atom. The predicted molar refractivity (Wildman–Crippen MR) is 97.0 cm³/mol. The fraction of sp³-hybridized carbons (Fsp3) is 0.524. The summed E-state index contributed by atoms with van der Waals surface area (Å²) in [5, 5.41) is 0. The summed E-state index contributed by atoms with van der Waals surface area (Å²) in [4.78, 5) is 20.6. The maximum atomic E-state index is 12.9. The topological polar surface area (TPSA) is 51.1 Å². The lowest BCUT2D eigenvalue weighted by Gasteiger charge is -2.68. The summed E-state index contributed by atoms with van der Waals surface area (Å²) in [5.74, 6) is 0.679. The van der Waals surface area contributed by atoms with E-state index >= 15 is 0 Å². The van der Waals surface area contributed by atoms with Crippen LogP contribution < -0.4 is 4.74 Å². The van der Waals surface area contributed by atoms with E-state index in [0.29, 0.717) is 6.04 Å². The fourth-order valence-electron chi connectivity index (χ4n) is 7.01. The van der Waals surface area contributed by atoms with Gasteiger partial charge in [-0.25, -0.2) is 0 Å². The van der Waals surface area contributed by atoms with Crippen molar-refractivity contribution in [2.45, 2.75) is 30.7 Å². The predicted octanol–water partition coefficient (Wildman–Crippen LogP) is 2.62. The Bertz CT molecular complexity index is 912. The Balaban J connectivity index is 1.66. The van der Waals surface area contributed by atoms with Crippen molar-refractivity contribution in [1.29, 1.82) is 0 Å². The average Bonchev–Trinajstić information content (AvgIpc) is 3.21. The number of hydrogen-bond acceptors (Lipinski definition) is 5. The van der Waals surface area contributed by atoms with Crippen molar-refractivity contribution in [3.05, 3.63) is 35.9 Å². The minimum absolute atomic E-state index is 0.0621. The van der Waals surface area contributed by atoms with Crippen LogP contribution in [-0.2, 0) is 14.9 Å². The van der Waals surface area contributed by atoms with Gasteiger partial charge in [0, 0.05) is 30.3 Å². The van der Waals surface area contributed by atoms with E-state index in [0.717, 1.165) is 49.5 Å². The van der Waals surface area contributed by atoms with Gasteiger partial charge < -0.3 is 9.47 Å². The Hall–Kier alpha value is -2.14. The smallest absolute Gasteiger partial charge is 0.317 e. The van der Waals surface area contributed by atoms with E-state index in [1.807, 2.05) is 6.07 Å². The zero-order chi connectivity index (χ0) is 17.7. The summed E-state index contributed by atoms with van der Waals surface area (Å²) < 4.78 is 10.9. The van der Waals surface area contributed by atoms with Gasteiger partial charge in [-0.05, 0) is 30.9 Å². The van der Waals surface area contributed by atoms with Crippen molar-refractivity contribution in [1.82, 2.24) is 4.90 Å². The SMILES string of the molecule is COC(=O)C12CC3(C=CCN4CC[C@]5(C1=Nc1c(OC)cccc15)[C@@H]43)C2. The molecule has 0 unspecified atom stereocenters. The first-order valence-corrected chi connectivity index (χ1v) is 9.39. The highest BCUT2D eigenvalue weighted by Crippen LogP contribution is 2.74.